The molecule has 3 aliphatic heterocycles. The van der Waals surface area contributed by atoms with Crippen molar-refractivity contribution in [1.29, 1.82) is 5.26 Å². The van der Waals surface area contributed by atoms with Crippen molar-refractivity contribution in [2.45, 2.75) is 38.4 Å². The number of imidazole rings is 1. The predicted octanol–water partition coefficient (Wildman–Crippen LogP) is 4.49. The SMILES string of the molecule is Cc1cnc2n1-c1ccc(N3CC[C@H]4NCCC43)cc1Cn1cc(-c3ccc(C#N)cc3)cc1-2. The second-order valence-electron chi connectivity index (χ2n) is 9.70. The zero-order valence-electron chi connectivity index (χ0n) is 19.2. The third-order valence-corrected chi connectivity index (χ3v) is 7.78. The van der Waals surface area contributed by atoms with Gasteiger partial charge in [-0.15, -0.1) is 0 Å². The van der Waals surface area contributed by atoms with Gasteiger partial charge in [0.15, 0.2) is 5.82 Å². The molecule has 2 atom stereocenters. The topological polar surface area (TPSA) is 61.8 Å². The Kier molecular flexibility index (Phi) is 4.24. The third kappa shape index (κ3) is 2.87. The molecule has 6 nitrogen and oxygen atoms in total. The quantitative estimate of drug-likeness (QED) is 0.434. The molecule has 2 aromatic heterocycles. The Morgan fingerprint density at radius 2 is 1.94 bits per heavy atom. The summed E-state index contributed by atoms with van der Waals surface area (Å²) in [6, 6.07) is 20.5. The minimum atomic E-state index is 0.611. The first-order chi connectivity index (χ1) is 16.7. The van der Waals surface area contributed by atoms with Crippen LogP contribution in [0, 0.1) is 18.3 Å². The fourth-order valence-electron chi connectivity index (χ4n) is 6.11. The highest BCUT2D eigenvalue weighted by molar-refractivity contribution is 5.73. The zero-order chi connectivity index (χ0) is 22.8. The van der Waals surface area contributed by atoms with Crippen LogP contribution in [0.15, 0.2) is 60.9 Å². The Balaban J connectivity index is 1.34. The van der Waals surface area contributed by atoms with Crippen LogP contribution in [0.5, 0.6) is 0 Å². The summed E-state index contributed by atoms with van der Waals surface area (Å²) in [5, 5.41) is 12.8. The summed E-state index contributed by atoms with van der Waals surface area (Å²) in [5.41, 5.74) is 9.06. The largest absolute Gasteiger partial charge is 0.367 e. The number of rotatable bonds is 2. The molecule has 1 unspecified atom stereocenters. The van der Waals surface area contributed by atoms with Gasteiger partial charge in [-0.2, -0.15) is 5.26 Å². The van der Waals surface area contributed by atoms with Crippen LogP contribution in [0.3, 0.4) is 0 Å². The van der Waals surface area contributed by atoms with Crippen molar-refractivity contribution in [3.8, 4) is 34.4 Å². The van der Waals surface area contributed by atoms with E-state index in [0.29, 0.717) is 17.6 Å². The lowest BCUT2D eigenvalue weighted by molar-refractivity contribution is 0.601. The number of anilines is 1. The van der Waals surface area contributed by atoms with Crippen LogP contribution in [0.2, 0.25) is 0 Å². The van der Waals surface area contributed by atoms with Gasteiger partial charge < -0.3 is 14.8 Å². The average molecular weight is 447 g/mol. The Morgan fingerprint density at radius 3 is 2.79 bits per heavy atom. The highest BCUT2D eigenvalue weighted by Crippen LogP contribution is 2.38. The lowest BCUT2D eigenvalue weighted by Gasteiger charge is -2.27. The molecule has 7 rings (SSSR count). The smallest absolute Gasteiger partial charge is 0.161 e. The van der Waals surface area contributed by atoms with E-state index < -0.39 is 0 Å². The van der Waals surface area contributed by atoms with E-state index in [1.54, 1.807) is 0 Å². The average Bonchev–Trinajstić information content (AvgIpc) is 3.62. The monoisotopic (exact) mass is 446 g/mol. The van der Waals surface area contributed by atoms with Gasteiger partial charge >= 0.3 is 0 Å². The van der Waals surface area contributed by atoms with E-state index in [-0.39, 0.29) is 0 Å². The highest BCUT2D eigenvalue weighted by atomic mass is 15.2. The van der Waals surface area contributed by atoms with Gasteiger partial charge in [-0.05, 0) is 73.8 Å². The second kappa shape index (κ2) is 7.34. The number of fused-ring (bicyclic) bond motifs is 6. The summed E-state index contributed by atoms with van der Waals surface area (Å²) < 4.78 is 4.62. The highest BCUT2D eigenvalue weighted by Gasteiger charge is 2.37. The summed E-state index contributed by atoms with van der Waals surface area (Å²) in [4.78, 5) is 7.42. The Bertz CT molecular complexity index is 1450. The van der Waals surface area contributed by atoms with E-state index in [0.717, 1.165) is 48.0 Å². The van der Waals surface area contributed by atoms with Gasteiger partial charge in [-0.1, -0.05) is 12.1 Å². The van der Waals surface area contributed by atoms with Crippen molar-refractivity contribution in [1.82, 2.24) is 19.4 Å². The molecular formula is C28H26N6. The molecule has 1 N–H and O–H groups in total. The van der Waals surface area contributed by atoms with Crippen LogP contribution in [0.25, 0.3) is 28.3 Å². The van der Waals surface area contributed by atoms with Crippen LogP contribution in [0.4, 0.5) is 5.69 Å². The summed E-state index contributed by atoms with van der Waals surface area (Å²) in [6.07, 6.45) is 6.64. The summed E-state index contributed by atoms with van der Waals surface area (Å²) >= 11 is 0. The normalized spacial score (nSPS) is 20.3. The maximum atomic E-state index is 9.15. The Hall–Kier alpha value is -3.82. The zero-order valence-corrected chi connectivity index (χ0v) is 19.2. The van der Waals surface area contributed by atoms with Crippen LogP contribution < -0.4 is 10.2 Å². The molecule has 2 fully saturated rings. The molecule has 5 heterocycles. The van der Waals surface area contributed by atoms with Crippen molar-refractivity contribution in [3.05, 3.63) is 77.7 Å². The lowest BCUT2D eigenvalue weighted by Crippen LogP contribution is -2.34. The number of aromatic nitrogens is 3. The van der Waals surface area contributed by atoms with Crippen molar-refractivity contribution < 1.29 is 0 Å². The van der Waals surface area contributed by atoms with Gasteiger partial charge in [-0.3, -0.25) is 4.57 Å². The Labute approximate surface area is 199 Å². The van der Waals surface area contributed by atoms with E-state index in [2.05, 4.69) is 62.8 Å². The minimum Gasteiger partial charge on any atom is -0.367 e. The minimum absolute atomic E-state index is 0.611. The van der Waals surface area contributed by atoms with E-state index in [1.165, 1.54) is 29.8 Å². The number of hydrogen-bond acceptors (Lipinski definition) is 4. The van der Waals surface area contributed by atoms with Crippen LogP contribution in [0.1, 0.15) is 29.7 Å². The molecule has 0 radical (unpaired) electrons. The number of aryl methyl sites for hydroxylation is 1. The maximum absolute atomic E-state index is 9.15. The maximum Gasteiger partial charge on any atom is 0.161 e. The molecule has 168 valence electrons. The summed E-state index contributed by atoms with van der Waals surface area (Å²) in [6.45, 7) is 5.18. The summed E-state index contributed by atoms with van der Waals surface area (Å²) in [5.74, 6) is 0.977. The van der Waals surface area contributed by atoms with Gasteiger partial charge in [0.2, 0.25) is 0 Å². The third-order valence-electron chi connectivity index (χ3n) is 7.78. The molecule has 2 saturated heterocycles. The Morgan fingerprint density at radius 1 is 1.06 bits per heavy atom. The molecule has 0 saturated carbocycles. The van der Waals surface area contributed by atoms with E-state index >= 15 is 0 Å². The van der Waals surface area contributed by atoms with Gasteiger partial charge in [0.1, 0.15) is 0 Å². The summed E-state index contributed by atoms with van der Waals surface area (Å²) in [7, 11) is 0. The molecule has 34 heavy (non-hydrogen) atoms. The molecule has 0 amide bonds. The van der Waals surface area contributed by atoms with Gasteiger partial charge in [-0.25, -0.2) is 4.98 Å². The molecular weight excluding hydrogens is 420 g/mol. The van der Waals surface area contributed by atoms with Crippen molar-refractivity contribution in [2.24, 2.45) is 0 Å². The molecule has 0 bridgehead atoms. The van der Waals surface area contributed by atoms with E-state index in [9.17, 15) is 0 Å². The standard InChI is InChI=1S/C28H26N6/c1-18-15-31-28-27-13-21(20-4-2-19(14-29)3-5-20)16-32(27)17-22-12-23(6-7-25(22)34(18)28)33-11-9-24-26(33)8-10-30-24/h2-7,12-13,15-16,24,26,30H,8-11,17H2,1H3/t24-,26?/m1/s1. The number of nitrogens with zero attached hydrogens (tertiary/aromatic N) is 5. The van der Waals surface area contributed by atoms with Crippen LogP contribution in [-0.4, -0.2) is 39.3 Å². The molecule has 6 heteroatoms. The fraction of sp³-hybridized carbons (Fsp3) is 0.286. The van der Waals surface area contributed by atoms with E-state index in [4.69, 9.17) is 10.2 Å². The van der Waals surface area contributed by atoms with Crippen molar-refractivity contribution >= 4 is 5.69 Å². The van der Waals surface area contributed by atoms with Crippen LogP contribution in [-0.2, 0) is 6.54 Å². The number of benzene rings is 2. The molecule has 2 aromatic carbocycles. The van der Waals surface area contributed by atoms with Crippen LogP contribution >= 0.6 is 0 Å². The second-order valence-corrected chi connectivity index (χ2v) is 9.70. The first-order valence-electron chi connectivity index (χ1n) is 12.1. The van der Waals surface area contributed by atoms with Gasteiger partial charge in [0.25, 0.3) is 0 Å². The number of nitriles is 1. The number of nitrogens with one attached hydrogen (secondary N) is 1. The van der Waals surface area contributed by atoms with Crippen molar-refractivity contribution in [3.63, 3.8) is 0 Å². The first kappa shape index (κ1) is 19.6. The van der Waals surface area contributed by atoms with Crippen molar-refractivity contribution in [2.75, 3.05) is 18.0 Å². The van der Waals surface area contributed by atoms with E-state index in [1.807, 2.05) is 30.5 Å². The number of hydrogen-bond donors (Lipinski definition) is 1. The predicted molar refractivity (Wildman–Crippen MR) is 133 cm³/mol. The molecule has 3 aliphatic rings. The van der Waals surface area contributed by atoms with Gasteiger partial charge in [0.05, 0.1) is 23.0 Å². The molecule has 4 aromatic rings. The molecule has 0 aliphatic carbocycles. The fourth-order valence-corrected chi connectivity index (χ4v) is 6.11. The first-order valence-corrected chi connectivity index (χ1v) is 12.1. The van der Waals surface area contributed by atoms with Gasteiger partial charge in [0, 0.05) is 54.5 Å². The molecule has 0 spiro atoms. The lowest BCUT2D eigenvalue weighted by atomic mass is 10.1.